The Balaban J connectivity index is 1.77. The predicted octanol–water partition coefficient (Wildman–Crippen LogP) is 5.05. The number of rotatable bonds is 4. The summed E-state index contributed by atoms with van der Waals surface area (Å²) in [6, 6.07) is 5.06. The Morgan fingerprint density at radius 3 is 2.76 bits per heavy atom. The third kappa shape index (κ3) is 3.81. The number of pyridine rings is 1. The van der Waals surface area contributed by atoms with Crippen molar-refractivity contribution in [1.82, 2.24) is 9.88 Å². The Morgan fingerprint density at radius 1 is 1.14 bits per heavy atom. The van der Waals surface area contributed by atoms with Crippen molar-refractivity contribution in [2.75, 3.05) is 13.1 Å². The standard InChI is InChI=1S/C18H28N2S/c1-2-20-14-7-6-12-17(20)16-11-8-13-19-18(16)21-15-9-4-3-5-10-15/h8,11,13,15,17H,2-7,9-10,12,14H2,1H3/t17-/m1/s1. The maximum absolute atomic E-state index is 4.75. The fraction of sp³-hybridized carbons (Fsp3) is 0.722. The molecule has 0 N–H and O–H groups in total. The van der Waals surface area contributed by atoms with E-state index in [1.54, 1.807) is 0 Å². The molecular formula is C18H28N2S. The lowest BCUT2D eigenvalue weighted by molar-refractivity contribution is 0.154. The van der Waals surface area contributed by atoms with Crippen molar-refractivity contribution in [1.29, 1.82) is 0 Å². The summed E-state index contributed by atoms with van der Waals surface area (Å²) in [7, 11) is 0. The molecule has 1 aliphatic heterocycles. The molecule has 0 bridgehead atoms. The number of aromatic nitrogens is 1. The molecule has 2 nitrogen and oxygen atoms in total. The van der Waals surface area contributed by atoms with Gasteiger partial charge in [-0.05, 0) is 44.8 Å². The minimum atomic E-state index is 0.601. The predicted molar refractivity (Wildman–Crippen MR) is 90.8 cm³/mol. The monoisotopic (exact) mass is 304 g/mol. The quantitative estimate of drug-likeness (QED) is 0.774. The molecule has 0 radical (unpaired) electrons. The van der Waals surface area contributed by atoms with E-state index in [0.29, 0.717) is 6.04 Å². The van der Waals surface area contributed by atoms with Crippen LogP contribution >= 0.6 is 11.8 Å². The lowest BCUT2D eigenvalue weighted by Gasteiger charge is -2.36. The third-order valence-corrected chi connectivity index (χ3v) is 6.38. The first-order chi connectivity index (χ1) is 10.4. The molecule has 0 amide bonds. The van der Waals surface area contributed by atoms with Gasteiger partial charge in [0.05, 0.1) is 0 Å². The molecule has 1 atom stereocenters. The van der Waals surface area contributed by atoms with Crippen LogP contribution in [0, 0.1) is 0 Å². The van der Waals surface area contributed by atoms with E-state index in [-0.39, 0.29) is 0 Å². The zero-order valence-electron chi connectivity index (χ0n) is 13.3. The van der Waals surface area contributed by atoms with Crippen LogP contribution in [-0.2, 0) is 0 Å². The zero-order valence-corrected chi connectivity index (χ0v) is 14.1. The van der Waals surface area contributed by atoms with E-state index in [2.05, 4.69) is 35.7 Å². The van der Waals surface area contributed by atoms with Crippen LogP contribution in [0.15, 0.2) is 23.4 Å². The number of nitrogens with zero attached hydrogens (tertiary/aromatic N) is 2. The van der Waals surface area contributed by atoms with Gasteiger partial charge in [0, 0.05) is 23.1 Å². The molecule has 1 aromatic heterocycles. The normalized spacial score (nSPS) is 25.1. The van der Waals surface area contributed by atoms with Crippen LogP contribution in [0.25, 0.3) is 0 Å². The van der Waals surface area contributed by atoms with Gasteiger partial charge < -0.3 is 0 Å². The summed E-state index contributed by atoms with van der Waals surface area (Å²) in [6.45, 7) is 4.71. The van der Waals surface area contributed by atoms with Crippen molar-refractivity contribution < 1.29 is 0 Å². The van der Waals surface area contributed by atoms with Crippen molar-refractivity contribution in [3.05, 3.63) is 23.9 Å². The van der Waals surface area contributed by atoms with Crippen molar-refractivity contribution in [3.8, 4) is 0 Å². The summed E-state index contributed by atoms with van der Waals surface area (Å²) in [5.41, 5.74) is 1.50. The van der Waals surface area contributed by atoms with Gasteiger partial charge in [-0.3, -0.25) is 4.90 Å². The Bertz CT molecular complexity index is 443. The minimum absolute atomic E-state index is 0.601. The molecule has 1 saturated heterocycles. The van der Waals surface area contributed by atoms with Gasteiger partial charge in [-0.25, -0.2) is 4.98 Å². The number of likely N-dealkylation sites (tertiary alicyclic amines) is 1. The van der Waals surface area contributed by atoms with Crippen LogP contribution in [-0.4, -0.2) is 28.2 Å². The zero-order chi connectivity index (χ0) is 14.5. The lowest BCUT2D eigenvalue weighted by atomic mass is 9.96. The molecule has 2 heterocycles. The number of hydrogen-bond donors (Lipinski definition) is 0. The minimum Gasteiger partial charge on any atom is -0.297 e. The number of piperidine rings is 1. The first-order valence-electron chi connectivity index (χ1n) is 8.74. The molecule has 1 aliphatic carbocycles. The molecule has 0 aromatic carbocycles. The molecule has 1 aromatic rings. The van der Waals surface area contributed by atoms with Gasteiger partial charge in [0.1, 0.15) is 5.03 Å². The molecule has 3 heteroatoms. The summed E-state index contributed by atoms with van der Waals surface area (Å²) in [4.78, 5) is 7.40. The lowest BCUT2D eigenvalue weighted by Crippen LogP contribution is -2.33. The third-order valence-electron chi connectivity index (χ3n) is 5.01. The second-order valence-corrected chi connectivity index (χ2v) is 7.70. The second-order valence-electron chi connectivity index (χ2n) is 6.42. The maximum atomic E-state index is 4.75. The van der Waals surface area contributed by atoms with E-state index in [4.69, 9.17) is 4.98 Å². The van der Waals surface area contributed by atoms with Crippen molar-refractivity contribution >= 4 is 11.8 Å². The summed E-state index contributed by atoms with van der Waals surface area (Å²) < 4.78 is 0. The van der Waals surface area contributed by atoms with Crippen molar-refractivity contribution in [2.45, 2.75) is 74.6 Å². The largest absolute Gasteiger partial charge is 0.297 e. The van der Waals surface area contributed by atoms with E-state index in [1.165, 1.54) is 68.5 Å². The molecular weight excluding hydrogens is 276 g/mol. The summed E-state index contributed by atoms with van der Waals surface area (Å²) in [5, 5.41) is 2.11. The van der Waals surface area contributed by atoms with E-state index in [9.17, 15) is 0 Å². The Kier molecular flexibility index (Phi) is 5.59. The van der Waals surface area contributed by atoms with Crippen LogP contribution in [0.2, 0.25) is 0 Å². The van der Waals surface area contributed by atoms with Crippen LogP contribution in [0.1, 0.15) is 69.9 Å². The number of thioether (sulfide) groups is 1. The molecule has 0 spiro atoms. The van der Waals surface area contributed by atoms with Crippen LogP contribution < -0.4 is 0 Å². The molecule has 2 fully saturated rings. The van der Waals surface area contributed by atoms with E-state index >= 15 is 0 Å². The fourth-order valence-corrected chi connectivity index (χ4v) is 5.16. The van der Waals surface area contributed by atoms with E-state index < -0.39 is 0 Å². The Labute approximate surface area is 133 Å². The highest BCUT2D eigenvalue weighted by atomic mass is 32.2. The average Bonchev–Trinajstić information content (AvgIpc) is 2.56. The van der Waals surface area contributed by atoms with Gasteiger partial charge in [-0.2, -0.15) is 0 Å². The Morgan fingerprint density at radius 2 is 1.95 bits per heavy atom. The van der Waals surface area contributed by atoms with Gasteiger partial charge >= 0.3 is 0 Å². The van der Waals surface area contributed by atoms with Crippen LogP contribution in [0.5, 0.6) is 0 Å². The van der Waals surface area contributed by atoms with Gasteiger partial charge in [0.2, 0.25) is 0 Å². The smallest absolute Gasteiger partial charge is 0.101 e. The van der Waals surface area contributed by atoms with Gasteiger partial charge in [0.15, 0.2) is 0 Å². The highest BCUT2D eigenvalue weighted by Crippen LogP contribution is 2.39. The van der Waals surface area contributed by atoms with Crippen LogP contribution in [0.4, 0.5) is 0 Å². The molecule has 21 heavy (non-hydrogen) atoms. The SMILES string of the molecule is CCN1CCCC[C@@H]1c1cccnc1SC1CCCCC1. The highest BCUT2D eigenvalue weighted by Gasteiger charge is 2.26. The maximum Gasteiger partial charge on any atom is 0.101 e. The van der Waals surface area contributed by atoms with Gasteiger partial charge in [-0.1, -0.05) is 38.7 Å². The van der Waals surface area contributed by atoms with Crippen molar-refractivity contribution in [3.63, 3.8) is 0 Å². The molecule has 0 unspecified atom stereocenters. The van der Waals surface area contributed by atoms with E-state index in [1.807, 2.05) is 6.20 Å². The highest BCUT2D eigenvalue weighted by molar-refractivity contribution is 7.99. The summed E-state index contributed by atoms with van der Waals surface area (Å²) in [6.07, 6.45) is 13.0. The first-order valence-corrected chi connectivity index (χ1v) is 9.62. The average molecular weight is 305 g/mol. The van der Waals surface area contributed by atoms with Crippen molar-refractivity contribution in [2.24, 2.45) is 0 Å². The molecule has 3 rings (SSSR count). The van der Waals surface area contributed by atoms with Gasteiger partial charge in [-0.15, -0.1) is 11.8 Å². The summed E-state index contributed by atoms with van der Waals surface area (Å²) in [5.74, 6) is 0. The Hall–Kier alpha value is -0.540. The summed E-state index contributed by atoms with van der Waals surface area (Å²) >= 11 is 2.06. The van der Waals surface area contributed by atoms with Crippen LogP contribution in [0.3, 0.4) is 0 Å². The topological polar surface area (TPSA) is 16.1 Å². The van der Waals surface area contributed by atoms with Gasteiger partial charge in [0.25, 0.3) is 0 Å². The van der Waals surface area contributed by atoms with E-state index in [0.717, 1.165) is 11.8 Å². The first kappa shape index (κ1) is 15.4. The molecule has 116 valence electrons. The molecule has 1 saturated carbocycles. The molecule has 2 aliphatic rings. The fourth-order valence-electron chi connectivity index (χ4n) is 3.82. The second kappa shape index (κ2) is 7.64. The number of hydrogen-bond acceptors (Lipinski definition) is 3.